The molecule has 1 aromatic heterocycles. The average Bonchev–Trinajstić information content (AvgIpc) is 3.22. The van der Waals surface area contributed by atoms with Crippen LogP contribution >= 0.6 is 0 Å². The van der Waals surface area contributed by atoms with Gasteiger partial charge in [-0.05, 0) is 66.3 Å². The number of carbonyl (C=O) groups is 2. The summed E-state index contributed by atoms with van der Waals surface area (Å²) in [6.45, 7) is 7.57. The Morgan fingerprint density at radius 2 is 1.78 bits per heavy atom. The minimum absolute atomic E-state index is 0.00490. The van der Waals surface area contributed by atoms with Crippen LogP contribution in [0.3, 0.4) is 0 Å². The van der Waals surface area contributed by atoms with E-state index in [1.165, 1.54) is 4.90 Å². The van der Waals surface area contributed by atoms with Gasteiger partial charge in [-0.2, -0.15) is 0 Å². The molecule has 2 heterocycles. The number of rotatable bonds is 13. The predicted molar refractivity (Wildman–Crippen MR) is 157 cm³/mol. The van der Waals surface area contributed by atoms with Crippen molar-refractivity contribution in [3.05, 3.63) is 89.3 Å². The van der Waals surface area contributed by atoms with Gasteiger partial charge in [0, 0.05) is 24.5 Å². The van der Waals surface area contributed by atoms with E-state index in [0.717, 1.165) is 24.8 Å². The summed E-state index contributed by atoms with van der Waals surface area (Å²) in [5, 5.41) is 11.5. The highest BCUT2D eigenvalue weighted by molar-refractivity contribution is 6.46. The van der Waals surface area contributed by atoms with Crippen LogP contribution in [0, 0.1) is 5.92 Å². The van der Waals surface area contributed by atoms with Crippen molar-refractivity contribution in [2.24, 2.45) is 5.92 Å². The van der Waals surface area contributed by atoms with Gasteiger partial charge in [0.05, 0.1) is 31.9 Å². The fraction of sp³-hybridized carbons (Fsp3) is 0.364. The van der Waals surface area contributed by atoms with E-state index in [4.69, 9.17) is 14.2 Å². The van der Waals surface area contributed by atoms with Crippen molar-refractivity contribution >= 4 is 17.4 Å². The molecule has 3 aromatic rings. The molecule has 216 valence electrons. The Hall–Kier alpha value is -4.33. The van der Waals surface area contributed by atoms with Gasteiger partial charge in [-0.25, -0.2) is 0 Å². The van der Waals surface area contributed by atoms with Gasteiger partial charge in [-0.15, -0.1) is 0 Å². The second kappa shape index (κ2) is 13.8. The van der Waals surface area contributed by atoms with Crippen LogP contribution in [0.25, 0.3) is 5.76 Å². The Morgan fingerprint density at radius 3 is 2.49 bits per heavy atom. The van der Waals surface area contributed by atoms with E-state index < -0.39 is 17.7 Å². The summed E-state index contributed by atoms with van der Waals surface area (Å²) in [5.74, 6) is 0.406. The van der Waals surface area contributed by atoms with E-state index in [-0.39, 0.29) is 17.9 Å². The summed E-state index contributed by atoms with van der Waals surface area (Å²) in [6, 6.07) is 15.0. The van der Waals surface area contributed by atoms with E-state index in [1.807, 2.05) is 0 Å². The first-order valence-electron chi connectivity index (χ1n) is 14.0. The van der Waals surface area contributed by atoms with Crippen LogP contribution < -0.4 is 14.2 Å². The number of ether oxygens (including phenoxy) is 3. The average molecular weight is 559 g/mol. The van der Waals surface area contributed by atoms with Crippen molar-refractivity contribution in [3.8, 4) is 17.2 Å². The summed E-state index contributed by atoms with van der Waals surface area (Å²) in [5.41, 5.74) is 1.82. The molecule has 41 heavy (non-hydrogen) atoms. The molecule has 1 aliphatic heterocycles. The summed E-state index contributed by atoms with van der Waals surface area (Å²) in [4.78, 5) is 32.5. The number of unbranched alkanes of at least 4 members (excludes halogenated alkanes) is 1. The number of aliphatic hydroxyl groups is 1. The molecule has 0 bridgehead atoms. The van der Waals surface area contributed by atoms with Crippen molar-refractivity contribution in [3.63, 3.8) is 0 Å². The Labute approximate surface area is 241 Å². The molecule has 1 amide bonds. The highest BCUT2D eigenvalue weighted by Gasteiger charge is 2.46. The third kappa shape index (κ3) is 7.06. The number of nitrogens with zero attached hydrogens (tertiary/aromatic N) is 2. The van der Waals surface area contributed by atoms with Gasteiger partial charge >= 0.3 is 0 Å². The number of pyridine rings is 1. The highest BCUT2D eigenvalue weighted by atomic mass is 16.5. The number of aromatic nitrogens is 1. The first-order valence-corrected chi connectivity index (χ1v) is 14.0. The maximum Gasteiger partial charge on any atom is 0.295 e. The zero-order chi connectivity index (χ0) is 29.4. The van der Waals surface area contributed by atoms with Crippen LogP contribution in [-0.4, -0.2) is 47.0 Å². The van der Waals surface area contributed by atoms with Gasteiger partial charge in [-0.1, -0.05) is 45.4 Å². The van der Waals surface area contributed by atoms with E-state index >= 15 is 0 Å². The van der Waals surface area contributed by atoms with Gasteiger partial charge in [-0.3, -0.25) is 14.6 Å². The van der Waals surface area contributed by atoms with Gasteiger partial charge in [0.15, 0.2) is 11.5 Å². The molecular formula is C33H38N2O6. The quantitative estimate of drug-likeness (QED) is 0.114. The minimum atomic E-state index is -0.855. The van der Waals surface area contributed by atoms with Crippen molar-refractivity contribution < 1.29 is 28.9 Å². The lowest BCUT2D eigenvalue weighted by Crippen LogP contribution is -2.29. The summed E-state index contributed by atoms with van der Waals surface area (Å²) < 4.78 is 17.4. The molecule has 2 aromatic carbocycles. The summed E-state index contributed by atoms with van der Waals surface area (Å²) in [7, 11) is 1.55. The number of Topliss-reactive ketones (excluding diaryl/α,β-unsaturated/α-hetero) is 1. The number of aliphatic hydroxyl groups excluding tert-OH is 1. The number of hydrogen-bond donors (Lipinski definition) is 1. The van der Waals surface area contributed by atoms with Crippen LogP contribution in [0.1, 0.15) is 62.8 Å². The van der Waals surface area contributed by atoms with E-state index in [9.17, 15) is 14.7 Å². The second-order valence-corrected chi connectivity index (χ2v) is 10.5. The molecule has 0 spiro atoms. The molecule has 1 atom stereocenters. The molecule has 0 radical (unpaired) electrons. The van der Waals surface area contributed by atoms with Crippen LogP contribution in [0.4, 0.5) is 0 Å². The highest BCUT2D eigenvalue weighted by Crippen LogP contribution is 2.43. The van der Waals surface area contributed by atoms with E-state index in [0.29, 0.717) is 47.5 Å². The first-order chi connectivity index (χ1) is 19.8. The van der Waals surface area contributed by atoms with Crippen molar-refractivity contribution in [1.82, 2.24) is 9.88 Å². The topological polar surface area (TPSA) is 98.2 Å². The van der Waals surface area contributed by atoms with Crippen LogP contribution in [0.15, 0.2) is 72.6 Å². The van der Waals surface area contributed by atoms with Gasteiger partial charge in [0.1, 0.15) is 11.5 Å². The number of amides is 1. The Kier molecular flexibility index (Phi) is 10.0. The van der Waals surface area contributed by atoms with Crippen LogP contribution in [-0.2, 0) is 16.1 Å². The molecule has 4 rings (SSSR count). The SMILES string of the molecule is CCCCOc1cccc(C(O)=C2C(=O)C(=O)N(Cc3ccncc3)C2c2ccc(OCCC(C)C)c(OC)c2)c1. The van der Waals surface area contributed by atoms with Crippen molar-refractivity contribution in [1.29, 1.82) is 0 Å². The molecule has 1 aliphatic rings. The van der Waals surface area contributed by atoms with Crippen molar-refractivity contribution in [2.75, 3.05) is 20.3 Å². The fourth-order valence-electron chi connectivity index (χ4n) is 4.68. The smallest absolute Gasteiger partial charge is 0.295 e. The number of hydrogen-bond acceptors (Lipinski definition) is 7. The molecule has 1 saturated heterocycles. The van der Waals surface area contributed by atoms with Crippen LogP contribution in [0.2, 0.25) is 0 Å². The van der Waals surface area contributed by atoms with Gasteiger partial charge < -0.3 is 24.2 Å². The van der Waals surface area contributed by atoms with Gasteiger partial charge in [0.25, 0.3) is 11.7 Å². The standard InChI is InChI=1S/C33H38N2O6/c1-5-6-17-40-26-9-7-8-25(19-26)31(36)29-30(35(33(38)32(29)37)21-23-12-15-34-16-13-23)24-10-11-27(28(20-24)39-4)41-18-14-22(2)3/h7-13,15-16,19-20,22,30,36H,5-6,14,17-18,21H2,1-4H3. The third-order valence-corrected chi connectivity index (χ3v) is 6.97. The lowest BCUT2D eigenvalue weighted by atomic mass is 9.94. The number of ketones is 1. The Bertz CT molecular complexity index is 1390. The molecule has 8 nitrogen and oxygen atoms in total. The molecule has 1 N–H and O–H groups in total. The zero-order valence-electron chi connectivity index (χ0n) is 24.1. The monoisotopic (exact) mass is 558 g/mol. The molecule has 1 unspecified atom stereocenters. The largest absolute Gasteiger partial charge is 0.507 e. The normalized spacial score (nSPS) is 16.3. The molecule has 0 saturated carbocycles. The molecular weight excluding hydrogens is 520 g/mol. The Morgan fingerprint density at radius 1 is 1.00 bits per heavy atom. The molecule has 8 heteroatoms. The lowest BCUT2D eigenvalue weighted by Gasteiger charge is -2.26. The lowest BCUT2D eigenvalue weighted by molar-refractivity contribution is -0.140. The molecule has 1 fully saturated rings. The summed E-state index contributed by atoms with van der Waals surface area (Å²) in [6.07, 6.45) is 6.05. The predicted octanol–water partition coefficient (Wildman–Crippen LogP) is 6.32. The van der Waals surface area contributed by atoms with Crippen molar-refractivity contribution in [2.45, 2.75) is 52.6 Å². The van der Waals surface area contributed by atoms with Gasteiger partial charge in [0.2, 0.25) is 0 Å². The van der Waals surface area contributed by atoms with Crippen LogP contribution in [0.5, 0.6) is 17.2 Å². The number of methoxy groups -OCH3 is 1. The number of carbonyl (C=O) groups excluding carboxylic acids is 2. The fourth-order valence-corrected chi connectivity index (χ4v) is 4.68. The summed E-state index contributed by atoms with van der Waals surface area (Å²) >= 11 is 0. The first kappa shape index (κ1) is 29.6. The number of benzene rings is 2. The Balaban J connectivity index is 1.78. The molecule has 0 aliphatic carbocycles. The van der Waals surface area contributed by atoms with E-state index in [2.05, 4.69) is 25.8 Å². The maximum absolute atomic E-state index is 13.5. The second-order valence-electron chi connectivity index (χ2n) is 10.5. The van der Waals surface area contributed by atoms with E-state index in [1.54, 1.807) is 74.1 Å². The zero-order valence-corrected chi connectivity index (χ0v) is 24.1. The number of likely N-dealkylation sites (tertiary alicyclic amines) is 1. The third-order valence-electron chi connectivity index (χ3n) is 6.97. The minimum Gasteiger partial charge on any atom is -0.507 e. The maximum atomic E-state index is 13.5.